The van der Waals surface area contributed by atoms with Crippen LogP contribution >= 0.6 is 11.6 Å². The number of benzene rings is 2. The Morgan fingerprint density at radius 2 is 1.60 bits per heavy atom. The number of hydrogen-bond donors (Lipinski definition) is 2. The van der Waals surface area contributed by atoms with Crippen LogP contribution in [0.4, 0.5) is 30.8 Å². The van der Waals surface area contributed by atoms with Crippen LogP contribution in [0.1, 0.15) is 59.2 Å². The van der Waals surface area contributed by atoms with Crippen LogP contribution in [-0.4, -0.2) is 64.8 Å². The summed E-state index contributed by atoms with van der Waals surface area (Å²) in [5, 5.41) is 6.18. The molecule has 16 nitrogen and oxygen atoms in total. The van der Waals surface area contributed by atoms with Crippen LogP contribution in [0.15, 0.2) is 69.7 Å². The number of anilines is 3. The van der Waals surface area contributed by atoms with Crippen LogP contribution in [0.2, 0.25) is 5.02 Å². The molecule has 20 heteroatoms. The Hall–Kier alpha value is -5.82. The van der Waals surface area contributed by atoms with Gasteiger partial charge < -0.3 is 42.7 Å². The number of ether oxygens (including phenoxy) is 2. The molecule has 304 valence electrons. The lowest BCUT2D eigenvalue weighted by Gasteiger charge is -2.32. The van der Waals surface area contributed by atoms with Crippen molar-refractivity contribution in [1.82, 2.24) is 25.2 Å². The van der Waals surface area contributed by atoms with Gasteiger partial charge in [0.1, 0.15) is 17.3 Å². The third-order valence-electron chi connectivity index (χ3n) is 8.65. The number of carbonyl (C=O) groups is 1. The Balaban J connectivity index is 1.35. The predicted molar refractivity (Wildman–Crippen MR) is 198 cm³/mol. The SMILES string of the molecule is Cc1oc(=O)oc1CN1CCCOc2ccc(cc2Cl)CN(Cc2oc(=O)oc2C)c2nc(nc(OCC(F)(F)F)n2)Nc2ccc(cc2)C(=O)NCC(C)(C)C1. The van der Waals surface area contributed by atoms with Gasteiger partial charge in [-0.3, -0.25) is 9.69 Å². The van der Waals surface area contributed by atoms with Crippen molar-refractivity contribution in [3.8, 4) is 11.8 Å². The van der Waals surface area contributed by atoms with Gasteiger partial charge in [0, 0.05) is 37.4 Å². The summed E-state index contributed by atoms with van der Waals surface area (Å²) in [6.07, 6.45) is -4.15. The van der Waals surface area contributed by atoms with E-state index in [1.165, 1.54) is 11.8 Å². The van der Waals surface area contributed by atoms with Gasteiger partial charge in [0.2, 0.25) is 11.9 Å². The molecule has 57 heavy (non-hydrogen) atoms. The average Bonchev–Trinajstić information content (AvgIpc) is 3.63. The molecule has 0 saturated carbocycles. The maximum absolute atomic E-state index is 13.2. The quantitative estimate of drug-likeness (QED) is 0.198. The first-order chi connectivity index (χ1) is 27.0. The molecule has 4 aliphatic heterocycles. The summed E-state index contributed by atoms with van der Waals surface area (Å²) in [5.74, 6) is -0.949. The monoisotopic (exact) mass is 817 g/mol. The highest BCUT2D eigenvalue weighted by Gasteiger charge is 2.30. The first-order valence-corrected chi connectivity index (χ1v) is 18.0. The summed E-state index contributed by atoms with van der Waals surface area (Å²) in [6, 6.07) is 10.7. The fraction of sp³-hybridized carbons (Fsp3) is 0.405. The highest BCUT2D eigenvalue weighted by atomic mass is 35.5. The molecule has 0 aliphatic carbocycles. The number of aromatic nitrogens is 3. The molecule has 0 saturated heterocycles. The van der Waals surface area contributed by atoms with Crippen molar-refractivity contribution in [2.75, 3.05) is 43.1 Å². The number of nitrogens with zero attached hydrogens (tertiary/aromatic N) is 5. The van der Waals surface area contributed by atoms with E-state index >= 15 is 0 Å². The number of alkyl halides is 3. The van der Waals surface area contributed by atoms with Crippen molar-refractivity contribution >= 4 is 35.1 Å². The highest BCUT2D eigenvalue weighted by Crippen LogP contribution is 2.29. The topological polar surface area (TPSA) is 191 Å². The van der Waals surface area contributed by atoms with E-state index in [-0.39, 0.29) is 60.6 Å². The molecular formula is C37H39ClF3N7O9. The highest BCUT2D eigenvalue weighted by molar-refractivity contribution is 6.32. The normalized spacial score (nSPS) is 15.8. The Labute approximate surface area is 327 Å². The zero-order chi connectivity index (χ0) is 40.9. The largest absolute Gasteiger partial charge is 0.519 e. The number of rotatable bonds is 6. The molecule has 6 bridgehead atoms. The molecule has 1 amide bonds. The van der Waals surface area contributed by atoms with Crippen LogP contribution in [0.25, 0.3) is 0 Å². The van der Waals surface area contributed by atoms with E-state index < -0.39 is 35.9 Å². The first kappa shape index (κ1) is 40.8. The van der Waals surface area contributed by atoms with Gasteiger partial charge in [-0.05, 0) is 67.6 Å². The van der Waals surface area contributed by atoms with Crippen molar-refractivity contribution in [3.63, 3.8) is 0 Å². The maximum Gasteiger partial charge on any atom is 0.519 e. The standard InChI is InChI=1S/C37H39ClF3N7O9/c1-21-28(56-34(50)54-21)16-47-12-5-13-52-27-11-6-23(14-26(27)38)15-48(17-29-22(2)55-35(51)57-29)32-44-31(45-33(46-32)53-20-37(39,40)41)43-25-9-7-24(8-10-25)30(49)42-18-36(3,4)19-47/h6-11,14H,5,12-13,15-20H2,1-4H3,(H,42,49)(H,43,44,45,46). The number of amides is 1. The second kappa shape index (κ2) is 17.1. The minimum absolute atomic E-state index is 0.00854. The van der Waals surface area contributed by atoms with E-state index in [9.17, 15) is 27.6 Å². The molecule has 0 atom stereocenters. The van der Waals surface area contributed by atoms with Crippen molar-refractivity contribution < 1.29 is 45.1 Å². The molecule has 0 radical (unpaired) electrons. The summed E-state index contributed by atoms with van der Waals surface area (Å²) in [7, 11) is 0. The lowest BCUT2D eigenvalue weighted by atomic mass is 9.92. The number of nitrogens with one attached hydrogen (secondary N) is 2. The Kier molecular flexibility index (Phi) is 12.3. The van der Waals surface area contributed by atoms with Crippen molar-refractivity contribution in [2.45, 2.75) is 59.9 Å². The van der Waals surface area contributed by atoms with Crippen LogP contribution < -0.4 is 36.7 Å². The van der Waals surface area contributed by atoms with Crippen LogP contribution in [0, 0.1) is 19.3 Å². The zero-order valence-corrected chi connectivity index (χ0v) is 32.1. The molecule has 7 heterocycles. The van der Waals surface area contributed by atoms with Gasteiger partial charge in [-0.15, -0.1) is 0 Å². The molecular weight excluding hydrogens is 779 g/mol. The number of hydrogen-bond acceptors (Lipinski definition) is 15. The van der Waals surface area contributed by atoms with Crippen LogP contribution in [-0.2, 0) is 19.6 Å². The van der Waals surface area contributed by atoms with E-state index in [2.05, 4.69) is 30.5 Å². The Bertz CT molecular complexity index is 2300. The predicted octanol–water partition coefficient (Wildman–Crippen LogP) is 6.17. The zero-order valence-electron chi connectivity index (χ0n) is 31.3. The van der Waals surface area contributed by atoms with E-state index in [4.69, 9.17) is 38.7 Å². The Morgan fingerprint density at radius 3 is 2.23 bits per heavy atom. The fourth-order valence-electron chi connectivity index (χ4n) is 5.95. The van der Waals surface area contributed by atoms with E-state index in [0.29, 0.717) is 60.1 Å². The third kappa shape index (κ3) is 11.4. The summed E-state index contributed by atoms with van der Waals surface area (Å²) < 4.78 is 71.3. The molecule has 0 spiro atoms. The van der Waals surface area contributed by atoms with Crippen molar-refractivity contribution in [3.05, 3.63) is 103 Å². The average molecular weight is 818 g/mol. The van der Waals surface area contributed by atoms with Gasteiger partial charge >= 0.3 is 23.8 Å². The molecule has 2 aromatic carbocycles. The van der Waals surface area contributed by atoms with E-state index in [1.807, 2.05) is 13.8 Å². The van der Waals surface area contributed by atoms with Gasteiger partial charge in [-0.1, -0.05) is 31.5 Å². The van der Waals surface area contributed by atoms with Gasteiger partial charge in [-0.2, -0.15) is 28.1 Å². The van der Waals surface area contributed by atoms with E-state index in [0.717, 1.165) is 0 Å². The number of halogens is 4. The smallest absolute Gasteiger partial charge is 0.492 e. The van der Waals surface area contributed by atoms with Crippen LogP contribution in [0.3, 0.4) is 0 Å². The maximum atomic E-state index is 13.2. The molecule has 4 aliphatic rings. The summed E-state index contributed by atoms with van der Waals surface area (Å²) in [4.78, 5) is 53.2. The Morgan fingerprint density at radius 1 is 0.912 bits per heavy atom. The van der Waals surface area contributed by atoms with Crippen molar-refractivity contribution in [2.24, 2.45) is 5.41 Å². The van der Waals surface area contributed by atoms with Gasteiger partial charge in [0.15, 0.2) is 18.1 Å². The second-order valence-corrected chi connectivity index (χ2v) is 14.5. The van der Waals surface area contributed by atoms with Crippen molar-refractivity contribution in [1.29, 1.82) is 0 Å². The minimum Gasteiger partial charge on any atom is -0.492 e. The van der Waals surface area contributed by atoms with E-state index in [1.54, 1.807) is 49.4 Å². The summed E-state index contributed by atoms with van der Waals surface area (Å²) >= 11 is 6.69. The molecule has 2 N–H and O–H groups in total. The summed E-state index contributed by atoms with van der Waals surface area (Å²) in [5.41, 5.74) is 0.897. The number of carbonyl (C=O) groups excluding carboxylic acids is 1. The fourth-order valence-corrected chi connectivity index (χ4v) is 6.20. The van der Waals surface area contributed by atoms with Crippen LogP contribution in [0.5, 0.6) is 11.8 Å². The van der Waals surface area contributed by atoms with Gasteiger partial charge in [0.05, 0.1) is 24.7 Å². The second-order valence-electron chi connectivity index (χ2n) is 14.1. The third-order valence-corrected chi connectivity index (χ3v) is 8.95. The summed E-state index contributed by atoms with van der Waals surface area (Å²) in [6.45, 7) is 7.21. The first-order valence-electron chi connectivity index (χ1n) is 17.7. The molecule has 9 rings (SSSR count). The lowest BCUT2D eigenvalue weighted by Crippen LogP contribution is -2.42. The van der Waals surface area contributed by atoms with Gasteiger partial charge in [-0.25, -0.2) is 9.59 Å². The molecule has 3 aromatic heterocycles. The molecule has 0 fully saturated rings. The molecule has 5 aromatic rings. The number of aryl methyl sites for hydroxylation is 2. The minimum atomic E-state index is -4.69. The lowest BCUT2D eigenvalue weighted by molar-refractivity contribution is -0.154. The molecule has 0 unspecified atom stereocenters. The van der Waals surface area contributed by atoms with Gasteiger partial charge in [0.25, 0.3) is 5.91 Å².